The van der Waals surface area contributed by atoms with Gasteiger partial charge in [-0.3, -0.25) is 0 Å². The molecule has 22 heavy (non-hydrogen) atoms. The van der Waals surface area contributed by atoms with E-state index in [9.17, 15) is 9.59 Å². The van der Waals surface area contributed by atoms with Crippen LogP contribution in [0.3, 0.4) is 0 Å². The van der Waals surface area contributed by atoms with Gasteiger partial charge >= 0.3 is 12.1 Å². The van der Waals surface area contributed by atoms with E-state index >= 15 is 0 Å². The van der Waals surface area contributed by atoms with Crippen LogP contribution in [0.2, 0.25) is 0 Å². The van der Waals surface area contributed by atoms with Gasteiger partial charge in [-0.2, -0.15) is 0 Å². The van der Waals surface area contributed by atoms with Crippen molar-refractivity contribution in [1.82, 2.24) is 5.32 Å². The molecule has 0 saturated carbocycles. The van der Waals surface area contributed by atoms with Gasteiger partial charge in [0.2, 0.25) is 0 Å². The second-order valence-electron chi connectivity index (χ2n) is 6.02. The number of esters is 1. The van der Waals surface area contributed by atoms with Crippen LogP contribution in [-0.4, -0.2) is 43.5 Å². The van der Waals surface area contributed by atoms with E-state index in [0.717, 1.165) is 6.42 Å². The van der Waals surface area contributed by atoms with Crippen molar-refractivity contribution in [2.24, 2.45) is 0 Å². The van der Waals surface area contributed by atoms with Crippen LogP contribution in [0.1, 0.15) is 47.5 Å². The molecule has 0 aliphatic rings. The minimum Gasteiger partial charge on any atom is -0.460 e. The third kappa shape index (κ3) is 11.1. The molecule has 0 bridgehead atoms. The van der Waals surface area contributed by atoms with Crippen LogP contribution < -0.4 is 5.32 Å². The second kappa shape index (κ2) is 10.2. The van der Waals surface area contributed by atoms with E-state index in [4.69, 9.17) is 14.2 Å². The number of amides is 1. The van der Waals surface area contributed by atoms with Crippen molar-refractivity contribution in [1.29, 1.82) is 0 Å². The van der Waals surface area contributed by atoms with Crippen molar-refractivity contribution in [3.8, 4) is 0 Å². The minimum atomic E-state index is -0.571. The topological polar surface area (TPSA) is 73.9 Å². The van der Waals surface area contributed by atoms with Crippen LogP contribution in [0, 0.1) is 0 Å². The molecule has 0 heterocycles. The van der Waals surface area contributed by atoms with Crippen LogP contribution in [-0.2, 0) is 19.0 Å². The zero-order chi connectivity index (χ0) is 17.2. The fourth-order valence-corrected chi connectivity index (χ4v) is 1.58. The lowest BCUT2D eigenvalue weighted by Gasteiger charge is -2.25. The Morgan fingerprint density at radius 1 is 1.23 bits per heavy atom. The van der Waals surface area contributed by atoms with Gasteiger partial charge in [-0.25, -0.2) is 9.59 Å². The van der Waals surface area contributed by atoms with Crippen molar-refractivity contribution < 1.29 is 23.8 Å². The highest BCUT2D eigenvalue weighted by atomic mass is 16.6. The molecule has 0 spiro atoms. The highest BCUT2D eigenvalue weighted by molar-refractivity contribution is 5.86. The summed E-state index contributed by atoms with van der Waals surface area (Å²) >= 11 is 0. The Hall–Kier alpha value is -1.56. The molecule has 0 saturated heterocycles. The summed E-state index contributed by atoms with van der Waals surface area (Å²) in [4.78, 5) is 22.8. The molecular formula is C16H29NO5. The molecule has 0 radical (unpaired) electrons. The van der Waals surface area contributed by atoms with Crippen LogP contribution in [0.4, 0.5) is 4.79 Å². The molecule has 6 heteroatoms. The average Bonchev–Trinajstić information content (AvgIpc) is 2.38. The number of rotatable bonds is 10. The van der Waals surface area contributed by atoms with Gasteiger partial charge in [-0.15, -0.1) is 0 Å². The minimum absolute atomic E-state index is 0.0868. The van der Waals surface area contributed by atoms with E-state index in [1.165, 1.54) is 0 Å². The van der Waals surface area contributed by atoms with Gasteiger partial charge in [0, 0.05) is 12.2 Å². The first-order valence-electron chi connectivity index (χ1n) is 7.55. The largest absolute Gasteiger partial charge is 0.460 e. The van der Waals surface area contributed by atoms with E-state index in [2.05, 4.69) is 11.9 Å². The summed E-state index contributed by atoms with van der Waals surface area (Å²) in [5, 5.41) is 2.54. The second-order valence-corrected chi connectivity index (χ2v) is 6.02. The average molecular weight is 315 g/mol. The van der Waals surface area contributed by atoms with Crippen molar-refractivity contribution >= 4 is 12.1 Å². The van der Waals surface area contributed by atoms with Crippen LogP contribution in [0.15, 0.2) is 12.2 Å². The monoisotopic (exact) mass is 315 g/mol. The number of nitrogens with one attached hydrogen (secondary N) is 1. The first-order chi connectivity index (χ1) is 10.1. The highest BCUT2D eigenvalue weighted by Crippen LogP contribution is 2.17. The maximum Gasteiger partial charge on any atom is 0.407 e. The van der Waals surface area contributed by atoms with Crippen molar-refractivity contribution in [2.45, 2.75) is 59.2 Å². The number of hydrogen-bond donors (Lipinski definition) is 1. The molecular weight excluding hydrogens is 286 g/mol. The van der Waals surface area contributed by atoms with Crippen LogP contribution >= 0.6 is 0 Å². The van der Waals surface area contributed by atoms with E-state index in [0.29, 0.717) is 18.6 Å². The fourth-order valence-electron chi connectivity index (χ4n) is 1.58. The Labute approximate surface area is 133 Å². The summed E-state index contributed by atoms with van der Waals surface area (Å²) in [6.45, 7) is 13.6. The number of hydrogen-bond acceptors (Lipinski definition) is 5. The number of carbonyl (C=O) groups excluding carboxylic acids is 2. The summed E-state index contributed by atoms with van der Waals surface area (Å²) in [7, 11) is 0. The Morgan fingerprint density at radius 2 is 1.86 bits per heavy atom. The third-order valence-corrected chi connectivity index (χ3v) is 2.70. The van der Waals surface area contributed by atoms with Gasteiger partial charge in [-0.05, 0) is 47.5 Å². The SMILES string of the molecule is C=C(C)C(=O)OCCNC(=O)OC(C)(C)CCCOC(C)C. The molecule has 0 aliphatic heterocycles. The zero-order valence-corrected chi connectivity index (χ0v) is 14.4. The van der Waals surface area contributed by atoms with Gasteiger partial charge in [-0.1, -0.05) is 6.58 Å². The molecule has 0 unspecified atom stereocenters. The predicted octanol–water partition coefficient (Wildman–Crippen LogP) is 2.82. The van der Waals surface area contributed by atoms with Gasteiger partial charge in [0.25, 0.3) is 0 Å². The summed E-state index contributed by atoms with van der Waals surface area (Å²) in [5.74, 6) is -0.472. The lowest BCUT2D eigenvalue weighted by Crippen LogP contribution is -2.36. The molecule has 0 aromatic carbocycles. The lowest BCUT2D eigenvalue weighted by atomic mass is 10.0. The first kappa shape index (κ1) is 20.4. The van der Waals surface area contributed by atoms with E-state index in [1.54, 1.807) is 6.92 Å². The van der Waals surface area contributed by atoms with E-state index in [-0.39, 0.29) is 19.3 Å². The standard InChI is InChI=1S/C16H29NO5/c1-12(2)14(18)21-11-9-17-15(19)22-16(5,6)8-7-10-20-13(3)4/h13H,1,7-11H2,2-6H3,(H,17,19). The molecule has 1 N–H and O–H groups in total. The van der Waals surface area contributed by atoms with Crippen LogP contribution in [0.5, 0.6) is 0 Å². The maximum absolute atomic E-state index is 11.7. The van der Waals surface area contributed by atoms with Crippen molar-refractivity contribution in [3.63, 3.8) is 0 Å². The van der Waals surface area contributed by atoms with Crippen molar-refractivity contribution in [3.05, 3.63) is 12.2 Å². The normalized spacial score (nSPS) is 11.2. The van der Waals surface area contributed by atoms with Gasteiger partial charge in [0.15, 0.2) is 0 Å². The zero-order valence-electron chi connectivity index (χ0n) is 14.4. The molecule has 0 atom stereocenters. The molecule has 1 amide bonds. The predicted molar refractivity (Wildman–Crippen MR) is 84.7 cm³/mol. The smallest absolute Gasteiger partial charge is 0.407 e. The third-order valence-electron chi connectivity index (χ3n) is 2.70. The van der Waals surface area contributed by atoms with E-state index < -0.39 is 17.7 Å². The highest BCUT2D eigenvalue weighted by Gasteiger charge is 2.22. The Bertz CT molecular complexity index is 377. The van der Waals surface area contributed by atoms with Gasteiger partial charge in [0.05, 0.1) is 12.6 Å². The van der Waals surface area contributed by atoms with Crippen LogP contribution in [0.25, 0.3) is 0 Å². The summed E-state index contributed by atoms with van der Waals surface area (Å²) in [6, 6.07) is 0. The lowest BCUT2D eigenvalue weighted by molar-refractivity contribution is -0.138. The summed E-state index contributed by atoms with van der Waals surface area (Å²) < 4.78 is 15.6. The van der Waals surface area contributed by atoms with E-state index in [1.807, 2.05) is 27.7 Å². The number of alkyl carbamates (subject to hydrolysis) is 1. The Balaban J connectivity index is 3.84. The van der Waals surface area contributed by atoms with Gasteiger partial charge < -0.3 is 19.5 Å². The summed E-state index contributed by atoms with van der Waals surface area (Å²) in [6.07, 6.45) is 1.20. The molecule has 0 aromatic rings. The van der Waals surface area contributed by atoms with Crippen molar-refractivity contribution in [2.75, 3.05) is 19.8 Å². The molecule has 6 nitrogen and oxygen atoms in total. The number of ether oxygens (including phenoxy) is 3. The molecule has 0 aromatic heterocycles. The fraction of sp³-hybridized carbons (Fsp3) is 0.750. The number of carbonyl (C=O) groups is 2. The molecule has 0 rings (SSSR count). The quantitative estimate of drug-likeness (QED) is 0.381. The molecule has 0 fully saturated rings. The molecule has 0 aliphatic carbocycles. The maximum atomic E-state index is 11.7. The Morgan fingerprint density at radius 3 is 2.41 bits per heavy atom. The molecule has 128 valence electrons. The Kier molecular flexibility index (Phi) is 9.49. The van der Waals surface area contributed by atoms with Gasteiger partial charge in [0.1, 0.15) is 12.2 Å². The summed E-state index contributed by atoms with van der Waals surface area (Å²) in [5.41, 5.74) is -0.244. The first-order valence-corrected chi connectivity index (χ1v) is 7.55.